The molecule has 172 valence electrons. The van der Waals surface area contributed by atoms with Crippen LogP contribution in [0.5, 0.6) is 0 Å². The Bertz CT molecular complexity index is 1070. The van der Waals surface area contributed by atoms with Crippen molar-refractivity contribution < 1.29 is 23.0 Å². The average Bonchev–Trinajstić information content (AvgIpc) is 3.42. The number of halogens is 2. The van der Waals surface area contributed by atoms with Gasteiger partial charge in [-0.2, -0.15) is 5.26 Å². The van der Waals surface area contributed by atoms with Gasteiger partial charge >= 0.3 is 0 Å². The highest BCUT2D eigenvalue weighted by molar-refractivity contribution is 5.78. The molecule has 9 heteroatoms. The van der Waals surface area contributed by atoms with E-state index >= 15 is 0 Å². The molecule has 3 atom stereocenters. The monoisotopic (exact) mass is 454 g/mol. The van der Waals surface area contributed by atoms with Crippen LogP contribution in [0.15, 0.2) is 36.5 Å². The van der Waals surface area contributed by atoms with Gasteiger partial charge in [0.15, 0.2) is 11.6 Å². The number of fused-ring (bicyclic) bond motifs is 2. The summed E-state index contributed by atoms with van der Waals surface area (Å²) < 4.78 is 38.8. The summed E-state index contributed by atoms with van der Waals surface area (Å²) in [4.78, 5) is 21.5. The zero-order chi connectivity index (χ0) is 23.0. The van der Waals surface area contributed by atoms with E-state index in [-0.39, 0.29) is 31.2 Å². The van der Waals surface area contributed by atoms with Crippen molar-refractivity contribution in [2.75, 3.05) is 37.8 Å². The molecule has 0 saturated carbocycles. The summed E-state index contributed by atoms with van der Waals surface area (Å²) in [5.41, 5.74) is 0.0311. The van der Waals surface area contributed by atoms with Crippen LogP contribution < -0.4 is 4.90 Å². The second kappa shape index (κ2) is 8.69. The van der Waals surface area contributed by atoms with E-state index < -0.39 is 17.2 Å². The van der Waals surface area contributed by atoms with Crippen molar-refractivity contribution in [1.29, 1.82) is 5.26 Å². The number of carbonyl (C=O) groups excluding carboxylic acids is 1. The third kappa shape index (κ3) is 4.05. The topological polar surface area (TPSA) is 78.7 Å². The second-order valence-corrected chi connectivity index (χ2v) is 8.82. The summed E-state index contributed by atoms with van der Waals surface area (Å²) in [7, 11) is 0. The number of ether oxygens (including phenoxy) is 2. The second-order valence-electron chi connectivity index (χ2n) is 8.82. The largest absolute Gasteiger partial charge is 0.378 e. The van der Waals surface area contributed by atoms with Crippen LogP contribution in [0.25, 0.3) is 0 Å². The minimum Gasteiger partial charge on any atom is -0.378 e. The molecule has 3 aliphatic rings. The Labute approximate surface area is 190 Å². The van der Waals surface area contributed by atoms with Crippen LogP contribution in [0.2, 0.25) is 0 Å². The van der Waals surface area contributed by atoms with E-state index in [0.717, 1.165) is 30.8 Å². The minimum atomic E-state index is -0.961. The average molecular weight is 454 g/mol. The van der Waals surface area contributed by atoms with Gasteiger partial charge in [0.2, 0.25) is 5.91 Å². The number of benzene rings is 1. The lowest BCUT2D eigenvalue weighted by atomic mass is 9.92. The first-order chi connectivity index (χ1) is 16.0. The molecule has 5 rings (SSSR count). The number of nitriles is 1. The van der Waals surface area contributed by atoms with Crippen molar-refractivity contribution in [3.8, 4) is 6.07 Å². The van der Waals surface area contributed by atoms with E-state index in [9.17, 15) is 13.6 Å². The quantitative estimate of drug-likeness (QED) is 0.692. The standard InChI is InChI=1S/C24H24F2N4O3/c25-20-5-2-17(9-21(20)26)24(7-8-32-15-24)33-14-23(31)29-12-18-3-4-19(13-29)30(18)22-6-1-16(10-27)11-28-22/h1-2,5-6,9,11,18-19H,3-4,7-8,12-15H2/t18-,19?,24?/m0/s1. The number of nitrogens with zero attached hydrogens (tertiary/aromatic N) is 4. The van der Waals surface area contributed by atoms with E-state index in [2.05, 4.69) is 16.0 Å². The van der Waals surface area contributed by atoms with E-state index in [1.165, 1.54) is 6.07 Å². The third-order valence-electron chi connectivity index (χ3n) is 6.88. The van der Waals surface area contributed by atoms with Crippen LogP contribution in [-0.4, -0.2) is 60.8 Å². The Morgan fingerprint density at radius 2 is 2.00 bits per heavy atom. The van der Waals surface area contributed by atoms with Crippen molar-refractivity contribution >= 4 is 11.7 Å². The maximum Gasteiger partial charge on any atom is 0.248 e. The lowest BCUT2D eigenvalue weighted by Crippen LogP contribution is -2.56. The fraction of sp³-hybridized carbons (Fsp3) is 0.458. The molecule has 3 fully saturated rings. The fourth-order valence-corrected chi connectivity index (χ4v) is 5.13. The molecule has 7 nitrogen and oxygen atoms in total. The van der Waals surface area contributed by atoms with Crippen molar-refractivity contribution in [3.63, 3.8) is 0 Å². The van der Waals surface area contributed by atoms with Gasteiger partial charge in [-0.15, -0.1) is 0 Å². The van der Waals surface area contributed by atoms with Gasteiger partial charge in [-0.25, -0.2) is 13.8 Å². The molecule has 2 bridgehead atoms. The first-order valence-corrected chi connectivity index (χ1v) is 11.1. The van der Waals surface area contributed by atoms with Gasteiger partial charge in [-0.05, 0) is 42.7 Å². The number of likely N-dealkylation sites (tertiary alicyclic amines) is 1. The van der Waals surface area contributed by atoms with Crippen LogP contribution in [0.1, 0.15) is 30.4 Å². The molecule has 2 unspecified atom stereocenters. The number of hydrogen-bond acceptors (Lipinski definition) is 6. The Kier molecular flexibility index (Phi) is 5.72. The normalized spacial score (nSPS) is 26.5. The number of amides is 1. The van der Waals surface area contributed by atoms with E-state index in [1.807, 2.05) is 11.0 Å². The predicted octanol–water partition coefficient (Wildman–Crippen LogP) is 2.74. The number of hydrogen-bond donors (Lipinski definition) is 0. The Morgan fingerprint density at radius 1 is 1.21 bits per heavy atom. The third-order valence-corrected chi connectivity index (χ3v) is 6.88. The van der Waals surface area contributed by atoms with Crippen molar-refractivity contribution in [3.05, 3.63) is 59.3 Å². The summed E-state index contributed by atoms with van der Waals surface area (Å²) in [6, 6.07) is 9.69. The van der Waals surface area contributed by atoms with Crippen molar-refractivity contribution in [1.82, 2.24) is 9.88 Å². The molecular weight excluding hydrogens is 430 g/mol. The van der Waals surface area contributed by atoms with Gasteiger partial charge < -0.3 is 19.3 Å². The van der Waals surface area contributed by atoms with Gasteiger partial charge in [0, 0.05) is 44.4 Å². The molecule has 1 aromatic carbocycles. The van der Waals surface area contributed by atoms with Gasteiger partial charge in [0.25, 0.3) is 0 Å². The lowest BCUT2D eigenvalue weighted by Gasteiger charge is -2.42. The summed E-state index contributed by atoms with van der Waals surface area (Å²) in [6.45, 7) is 1.59. The van der Waals surface area contributed by atoms with Crippen LogP contribution in [-0.2, 0) is 19.9 Å². The number of piperazine rings is 1. The summed E-state index contributed by atoms with van der Waals surface area (Å²) in [6.07, 6.45) is 3.96. The van der Waals surface area contributed by atoms with Gasteiger partial charge in [0.05, 0.1) is 12.2 Å². The van der Waals surface area contributed by atoms with E-state index in [4.69, 9.17) is 14.7 Å². The van der Waals surface area contributed by atoms with E-state index in [0.29, 0.717) is 37.2 Å². The number of aromatic nitrogens is 1. The molecule has 0 radical (unpaired) electrons. The molecule has 1 aromatic heterocycles. The fourth-order valence-electron chi connectivity index (χ4n) is 5.13. The highest BCUT2D eigenvalue weighted by Gasteiger charge is 2.43. The van der Waals surface area contributed by atoms with Gasteiger partial charge in [0.1, 0.15) is 24.1 Å². The van der Waals surface area contributed by atoms with Crippen LogP contribution in [0.4, 0.5) is 14.6 Å². The molecule has 0 aliphatic carbocycles. The highest BCUT2D eigenvalue weighted by atomic mass is 19.2. The zero-order valence-electron chi connectivity index (χ0n) is 18.0. The molecule has 0 N–H and O–H groups in total. The Hall–Kier alpha value is -3.09. The Morgan fingerprint density at radius 3 is 2.61 bits per heavy atom. The molecule has 2 aromatic rings. The zero-order valence-corrected chi connectivity index (χ0v) is 18.0. The molecule has 0 spiro atoms. The molecule has 1 amide bonds. The first kappa shape index (κ1) is 21.7. The highest BCUT2D eigenvalue weighted by Crippen LogP contribution is 2.36. The maximum absolute atomic E-state index is 13.8. The Balaban J connectivity index is 1.25. The predicted molar refractivity (Wildman–Crippen MR) is 114 cm³/mol. The SMILES string of the molecule is N#Cc1ccc(N2C3CC[C@H]2CN(C(=O)COC2(c4ccc(F)c(F)c4)CCOC2)C3)nc1. The summed E-state index contributed by atoms with van der Waals surface area (Å²) >= 11 is 0. The maximum atomic E-state index is 13.8. The van der Waals surface area contributed by atoms with Crippen molar-refractivity contribution in [2.45, 2.75) is 36.9 Å². The van der Waals surface area contributed by atoms with Gasteiger partial charge in [-0.1, -0.05) is 6.07 Å². The molecule has 4 heterocycles. The first-order valence-electron chi connectivity index (χ1n) is 11.1. The number of anilines is 1. The number of rotatable bonds is 5. The smallest absolute Gasteiger partial charge is 0.248 e. The summed E-state index contributed by atoms with van der Waals surface area (Å²) in [5, 5.41) is 8.99. The molecular formula is C24H24F2N4O3. The lowest BCUT2D eigenvalue weighted by molar-refractivity contribution is -0.145. The molecule has 3 aliphatic heterocycles. The number of pyridine rings is 1. The summed E-state index contributed by atoms with van der Waals surface area (Å²) in [5.74, 6) is -1.18. The van der Waals surface area contributed by atoms with Crippen LogP contribution >= 0.6 is 0 Å². The number of carbonyl (C=O) groups is 1. The van der Waals surface area contributed by atoms with Crippen molar-refractivity contribution in [2.24, 2.45) is 0 Å². The minimum absolute atomic E-state index is 0.131. The van der Waals surface area contributed by atoms with Gasteiger partial charge in [-0.3, -0.25) is 4.79 Å². The van der Waals surface area contributed by atoms with Crippen LogP contribution in [0, 0.1) is 23.0 Å². The molecule has 3 saturated heterocycles. The van der Waals surface area contributed by atoms with E-state index in [1.54, 1.807) is 12.3 Å². The van der Waals surface area contributed by atoms with Crippen LogP contribution in [0.3, 0.4) is 0 Å². The molecule has 33 heavy (non-hydrogen) atoms.